The largest absolute Gasteiger partial charge is 0.462 e. The summed E-state index contributed by atoms with van der Waals surface area (Å²) in [5, 5.41) is 2.73. The van der Waals surface area contributed by atoms with Gasteiger partial charge in [0.05, 0.1) is 29.2 Å². The Bertz CT molecular complexity index is 675. The number of nitrogen functional groups attached to an aromatic ring is 1. The lowest BCUT2D eigenvalue weighted by molar-refractivity contribution is 0.0527. The molecule has 2 rings (SSSR count). The number of anilines is 3. The van der Waals surface area contributed by atoms with E-state index in [1.165, 1.54) is 12.1 Å². The SMILES string of the molecule is CCOC(=O)c1cccc(Nc2ccc(F)cc2F)c1N. The van der Waals surface area contributed by atoms with Crippen molar-refractivity contribution in [3.63, 3.8) is 0 Å². The fourth-order valence-electron chi connectivity index (χ4n) is 1.80. The Morgan fingerprint density at radius 2 is 2.00 bits per heavy atom. The van der Waals surface area contributed by atoms with Crippen LogP contribution in [0.5, 0.6) is 0 Å². The molecular weight excluding hydrogens is 278 g/mol. The average Bonchev–Trinajstić information content (AvgIpc) is 2.44. The minimum absolute atomic E-state index is 0.0594. The molecular formula is C15H14F2N2O2. The molecule has 2 aromatic rings. The van der Waals surface area contributed by atoms with Crippen molar-refractivity contribution in [2.45, 2.75) is 6.92 Å². The number of nitrogens with one attached hydrogen (secondary N) is 1. The van der Waals surface area contributed by atoms with Crippen LogP contribution in [0.2, 0.25) is 0 Å². The Morgan fingerprint density at radius 1 is 1.24 bits per heavy atom. The standard InChI is InChI=1S/C15H14F2N2O2/c1-2-21-15(20)10-4-3-5-13(14(10)18)19-12-7-6-9(16)8-11(12)17/h3-8,19H,2,18H2,1H3. The predicted octanol–water partition coefficient (Wildman–Crippen LogP) is 3.47. The number of benzene rings is 2. The van der Waals surface area contributed by atoms with E-state index in [1.54, 1.807) is 19.1 Å². The summed E-state index contributed by atoms with van der Waals surface area (Å²) in [5.41, 5.74) is 6.60. The van der Waals surface area contributed by atoms with Gasteiger partial charge in [-0.2, -0.15) is 0 Å². The number of ether oxygens (including phenoxy) is 1. The third kappa shape index (κ3) is 3.28. The van der Waals surface area contributed by atoms with E-state index in [9.17, 15) is 13.6 Å². The average molecular weight is 292 g/mol. The van der Waals surface area contributed by atoms with E-state index >= 15 is 0 Å². The molecule has 0 bridgehead atoms. The van der Waals surface area contributed by atoms with Gasteiger partial charge in [0.25, 0.3) is 0 Å². The number of hydrogen-bond donors (Lipinski definition) is 2. The van der Waals surface area contributed by atoms with Crippen molar-refractivity contribution in [2.24, 2.45) is 0 Å². The van der Waals surface area contributed by atoms with Crippen molar-refractivity contribution in [2.75, 3.05) is 17.7 Å². The second kappa shape index (κ2) is 6.21. The minimum atomic E-state index is -0.754. The first kappa shape index (κ1) is 14.8. The molecule has 0 saturated heterocycles. The van der Waals surface area contributed by atoms with Crippen molar-refractivity contribution in [1.29, 1.82) is 0 Å². The number of esters is 1. The van der Waals surface area contributed by atoms with Gasteiger partial charge in [-0.1, -0.05) is 6.07 Å². The van der Waals surface area contributed by atoms with Gasteiger partial charge in [0.1, 0.15) is 11.6 Å². The molecule has 0 spiro atoms. The van der Waals surface area contributed by atoms with Crippen LogP contribution in [0.25, 0.3) is 0 Å². The zero-order chi connectivity index (χ0) is 15.4. The molecule has 0 aromatic heterocycles. The molecule has 0 fully saturated rings. The maximum Gasteiger partial charge on any atom is 0.340 e. The molecule has 0 unspecified atom stereocenters. The Labute approximate surface area is 120 Å². The molecule has 2 aromatic carbocycles. The second-order valence-electron chi connectivity index (χ2n) is 4.24. The van der Waals surface area contributed by atoms with Gasteiger partial charge in [-0.15, -0.1) is 0 Å². The number of carbonyl (C=O) groups is 1. The fourth-order valence-corrected chi connectivity index (χ4v) is 1.80. The third-order valence-corrected chi connectivity index (χ3v) is 2.80. The second-order valence-corrected chi connectivity index (χ2v) is 4.24. The van der Waals surface area contributed by atoms with E-state index in [2.05, 4.69) is 5.32 Å². The summed E-state index contributed by atoms with van der Waals surface area (Å²) in [6.45, 7) is 1.91. The van der Waals surface area contributed by atoms with Gasteiger partial charge in [0.2, 0.25) is 0 Å². The molecule has 0 radical (unpaired) electrons. The maximum atomic E-state index is 13.6. The minimum Gasteiger partial charge on any atom is -0.462 e. The summed E-state index contributed by atoms with van der Waals surface area (Å²) in [7, 11) is 0. The lowest BCUT2D eigenvalue weighted by atomic mass is 10.1. The quantitative estimate of drug-likeness (QED) is 0.669. The Balaban J connectivity index is 2.32. The van der Waals surface area contributed by atoms with Crippen LogP contribution < -0.4 is 11.1 Å². The Hall–Kier alpha value is -2.63. The van der Waals surface area contributed by atoms with Gasteiger partial charge in [-0.25, -0.2) is 13.6 Å². The molecule has 0 saturated carbocycles. The molecule has 0 aliphatic heterocycles. The Morgan fingerprint density at radius 3 is 2.67 bits per heavy atom. The van der Waals surface area contributed by atoms with E-state index in [-0.39, 0.29) is 23.5 Å². The van der Waals surface area contributed by atoms with Gasteiger partial charge >= 0.3 is 5.97 Å². The normalized spacial score (nSPS) is 10.2. The van der Waals surface area contributed by atoms with E-state index in [1.807, 2.05) is 0 Å². The smallest absolute Gasteiger partial charge is 0.340 e. The molecule has 0 aliphatic carbocycles. The summed E-state index contributed by atoms with van der Waals surface area (Å²) < 4.78 is 31.4. The molecule has 21 heavy (non-hydrogen) atoms. The number of hydrogen-bond acceptors (Lipinski definition) is 4. The zero-order valence-corrected chi connectivity index (χ0v) is 11.3. The van der Waals surface area contributed by atoms with E-state index in [4.69, 9.17) is 10.5 Å². The summed E-state index contributed by atoms with van der Waals surface area (Å²) in [6.07, 6.45) is 0. The zero-order valence-electron chi connectivity index (χ0n) is 11.3. The highest BCUT2D eigenvalue weighted by Crippen LogP contribution is 2.28. The molecule has 6 heteroatoms. The highest BCUT2D eigenvalue weighted by molar-refractivity contribution is 5.98. The van der Waals surface area contributed by atoms with Crippen molar-refractivity contribution in [3.05, 3.63) is 53.6 Å². The highest BCUT2D eigenvalue weighted by Gasteiger charge is 2.14. The maximum absolute atomic E-state index is 13.6. The lowest BCUT2D eigenvalue weighted by Crippen LogP contribution is -2.09. The van der Waals surface area contributed by atoms with Crippen LogP contribution in [-0.4, -0.2) is 12.6 Å². The van der Waals surface area contributed by atoms with Gasteiger partial charge in [-0.05, 0) is 31.2 Å². The van der Waals surface area contributed by atoms with Gasteiger partial charge in [0, 0.05) is 6.07 Å². The first-order chi connectivity index (χ1) is 10.0. The summed E-state index contributed by atoms with van der Waals surface area (Å²) >= 11 is 0. The van der Waals surface area contributed by atoms with Gasteiger partial charge < -0.3 is 15.8 Å². The van der Waals surface area contributed by atoms with E-state index < -0.39 is 17.6 Å². The highest BCUT2D eigenvalue weighted by atomic mass is 19.1. The van der Waals surface area contributed by atoms with Crippen LogP contribution in [0, 0.1) is 11.6 Å². The van der Waals surface area contributed by atoms with Crippen LogP contribution in [-0.2, 0) is 4.74 Å². The number of rotatable bonds is 4. The summed E-state index contributed by atoms with van der Waals surface area (Å²) in [5.74, 6) is -1.99. The molecule has 4 nitrogen and oxygen atoms in total. The monoisotopic (exact) mass is 292 g/mol. The molecule has 0 amide bonds. The lowest BCUT2D eigenvalue weighted by Gasteiger charge is -2.13. The van der Waals surface area contributed by atoms with Crippen molar-refractivity contribution < 1.29 is 18.3 Å². The topological polar surface area (TPSA) is 64.3 Å². The van der Waals surface area contributed by atoms with Crippen LogP contribution in [0.3, 0.4) is 0 Å². The molecule has 0 aliphatic rings. The van der Waals surface area contributed by atoms with E-state index in [0.29, 0.717) is 5.69 Å². The number of carbonyl (C=O) groups excluding carboxylic acids is 1. The molecule has 0 heterocycles. The first-order valence-electron chi connectivity index (χ1n) is 6.30. The van der Waals surface area contributed by atoms with Crippen molar-refractivity contribution in [1.82, 2.24) is 0 Å². The number of nitrogens with two attached hydrogens (primary N) is 1. The van der Waals surface area contributed by atoms with Gasteiger partial charge in [0.15, 0.2) is 0 Å². The fraction of sp³-hybridized carbons (Fsp3) is 0.133. The van der Waals surface area contributed by atoms with Gasteiger partial charge in [-0.3, -0.25) is 0 Å². The Kier molecular flexibility index (Phi) is 4.37. The first-order valence-corrected chi connectivity index (χ1v) is 6.30. The third-order valence-electron chi connectivity index (χ3n) is 2.80. The summed E-state index contributed by atoms with van der Waals surface area (Å²) in [4.78, 5) is 11.7. The molecule has 3 N–H and O–H groups in total. The van der Waals surface area contributed by atoms with E-state index in [0.717, 1.165) is 12.1 Å². The van der Waals surface area contributed by atoms with Crippen LogP contribution in [0.15, 0.2) is 36.4 Å². The van der Waals surface area contributed by atoms with Crippen LogP contribution in [0.1, 0.15) is 17.3 Å². The van der Waals surface area contributed by atoms with Crippen molar-refractivity contribution in [3.8, 4) is 0 Å². The number of para-hydroxylation sites is 1. The molecule has 0 atom stereocenters. The van der Waals surface area contributed by atoms with Crippen LogP contribution >= 0.6 is 0 Å². The predicted molar refractivity (Wildman–Crippen MR) is 76.5 cm³/mol. The van der Waals surface area contributed by atoms with Crippen molar-refractivity contribution >= 4 is 23.0 Å². The number of halogens is 2. The molecule has 110 valence electrons. The van der Waals surface area contributed by atoms with Crippen LogP contribution in [0.4, 0.5) is 25.8 Å². The summed E-state index contributed by atoms with van der Waals surface area (Å²) in [6, 6.07) is 7.82.